The van der Waals surface area contributed by atoms with Crippen LogP contribution in [-0.2, 0) is 25.9 Å². The monoisotopic (exact) mass is 297 g/mol. The van der Waals surface area contributed by atoms with Crippen molar-refractivity contribution in [2.24, 2.45) is 0 Å². The number of anilines is 1. The first-order chi connectivity index (χ1) is 10.8. The van der Waals surface area contributed by atoms with Gasteiger partial charge in [0.1, 0.15) is 11.6 Å². The molecular weight excluding hydrogens is 274 g/mol. The van der Waals surface area contributed by atoms with Gasteiger partial charge in [0.05, 0.1) is 6.61 Å². The number of rotatable bonds is 5. The van der Waals surface area contributed by atoms with Crippen molar-refractivity contribution in [2.75, 3.05) is 11.9 Å². The molecule has 2 aromatic rings. The first-order valence-corrected chi connectivity index (χ1v) is 8.05. The normalized spacial score (nSPS) is 13.7. The molecule has 0 atom stereocenters. The minimum absolute atomic E-state index is 0.102. The molecule has 116 valence electrons. The second-order valence-corrected chi connectivity index (χ2v) is 5.90. The quantitative estimate of drug-likeness (QED) is 0.891. The summed E-state index contributed by atoms with van der Waals surface area (Å²) < 4.78 is 0. The summed E-state index contributed by atoms with van der Waals surface area (Å²) in [6, 6.07) is 8.11. The van der Waals surface area contributed by atoms with Gasteiger partial charge in [0.15, 0.2) is 0 Å². The van der Waals surface area contributed by atoms with E-state index in [2.05, 4.69) is 27.4 Å². The minimum Gasteiger partial charge on any atom is -0.392 e. The molecule has 0 amide bonds. The van der Waals surface area contributed by atoms with Crippen LogP contribution in [-0.4, -0.2) is 21.6 Å². The third kappa shape index (κ3) is 3.45. The van der Waals surface area contributed by atoms with Gasteiger partial charge in [-0.15, -0.1) is 0 Å². The molecule has 3 rings (SSSR count). The summed E-state index contributed by atoms with van der Waals surface area (Å²) in [6.45, 7) is 2.93. The van der Waals surface area contributed by atoms with E-state index in [1.165, 1.54) is 29.7 Å². The van der Waals surface area contributed by atoms with Crippen LogP contribution < -0.4 is 5.32 Å². The van der Waals surface area contributed by atoms with Gasteiger partial charge in [-0.3, -0.25) is 0 Å². The molecule has 0 spiro atoms. The maximum Gasteiger partial charge on any atom is 0.133 e. The van der Waals surface area contributed by atoms with E-state index in [-0.39, 0.29) is 6.61 Å². The lowest BCUT2D eigenvalue weighted by molar-refractivity contribution is 0.282. The van der Waals surface area contributed by atoms with Gasteiger partial charge in [0.2, 0.25) is 0 Å². The Morgan fingerprint density at radius 1 is 1.05 bits per heavy atom. The first-order valence-electron chi connectivity index (χ1n) is 8.05. The number of benzene rings is 1. The molecule has 0 fully saturated rings. The molecule has 1 aromatic carbocycles. The third-order valence-electron chi connectivity index (χ3n) is 4.21. The van der Waals surface area contributed by atoms with Crippen LogP contribution in [0.3, 0.4) is 0 Å². The lowest BCUT2D eigenvalue weighted by Crippen LogP contribution is -2.15. The minimum atomic E-state index is 0.102. The van der Waals surface area contributed by atoms with Crippen LogP contribution in [0.1, 0.15) is 41.1 Å². The molecule has 0 saturated carbocycles. The number of aromatic nitrogens is 2. The second kappa shape index (κ2) is 6.88. The summed E-state index contributed by atoms with van der Waals surface area (Å²) in [4.78, 5) is 9.17. The molecule has 4 nitrogen and oxygen atoms in total. The van der Waals surface area contributed by atoms with Crippen molar-refractivity contribution < 1.29 is 5.11 Å². The average molecular weight is 297 g/mol. The molecule has 1 aliphatic carbocycles. The maximum absolute atomic E-state index is 9.07. The zero-order chi connectivity index (χ0) is 15.4. The first kappa shape index (κ1) is 15.0. The Balaban J connectivity index is 1.64. The van der Waals surface area contributed by atoms with E-state index < -0.39 is 0 Å². The average Bonchev–Trinajstić information content (AvgIpc) is 2.55. The number of aliphatic hydroxyl groups is 1. The Morgan fingerprint density at radius 3 is 2.55 bits per heavy atom. The molecule has 22 heavy (non-hydrogen) atoms. The number of aryl methyl sites for hydroxylation is 2. The summed E-state index contributed by atoms with van der Waals surface area (Å²) in [5.41, 5.74) is 4.77. The molecule has 0 radical (unpaired) electrons. The van der Waals surface area contributed by atoms with Crippen LogP contribution in [0, 0.1) is 6.92 Å². The van der Waals surface area contributed by atoms with Crippen LogP contribution in [0.4, 0.5) is 5.82 Å². The Kier molecular flexibility index (Phi) is 4.68. The highest BCUT2D eigenvalue weighted by Gasteiger charge is 2.16. The summed E-state index contributed by atoms with van der Waals surface area (Å²) in [5, 5.41) is 12.6. The number of fused-ring (bicyclic) bond motifs is 1. The van der Waals surface area contributed by atoms with Gasteiger partial charge in [-0.2, -0.15) is 0 Å². The topological polar surface area (TPSA) is 58.0 Å². The fourth-order valence-electron chi connectivity index (χ4n) is 3.00. The van der Waals surface area contributed by atoms with Crippen molar-refractivity contribution in [1.29, 1.82) is 0 Å². The fourth-order valence-corrected chi connectivity index (χ4v) is 3.00. The number of nitrogens with zero attached hydrogens (tertiary/aromatic N) is 2. The maximum atomic E-state index is 9.07. The molecule has 0 aliphatic heterocycles. The number of hydrogen-bond donors (Lipinski definition) is 2. The molecule has 0 bridgehead atoms. The largest absolute Gasteiger partial charge is 0.392 e. The standard InChI is InChI=1S/C18H23N3O/c1-13-20-17-5-3-2-4-16(17)18(21-13)19-11-10-14-6-8-15(12-22)9-7-14/h6-9,22H,2-5,10-12H2,1H3,(H,19,20,21). The van der Waals surface area contributed by atoms with E-state index in [1.54, 1.807) is 0 Å². The van der Waals surface area contributed by atoms with Crippen LogP contribution in [0.5, 0.6) is 0 Å². The Hall–Kier alpha value is -1.94. The van der Waals surface area contributed by atoms with Gasteiger partial charge < -0.3 is 10.4 Å². The second-order valence-electron chi connectivity index (χ2n) is 5.90. The van der Waals surface area contributed by atoms with Crippen LogP contribution >= 0.6 is 0 Å². The van der Waals surface area contributed by atoms with E-state index in [0.717, 1.165) is 43.0 Å². The molecular formula is C18H23N3O. The van der Waals surface area contributed by atoms with Crippen molar-refractivity contribution in [1.82, 2.24) is 9.97 Å². The Labute approximate surface area is 131 Å². The fraction of sp³-hybridized carbons (Fsp3) is 0.444. The Bertz CT molecular complexity index is 638. The van der Waals surface area contributed by atoms with E-state index in [0.29, 0.717) is 0 Å². The highest BCUT2D eigenvalue weighted by Crippen LogP contribution is 2.25. The highest BCUT2D eigenvalue weighted by molar-refractivity contribution is 5.48. The lowest BCUT2D eigenvalue weighted by Gasteiger charge is -2.19. The number of aliphatic hydroxyl groups excluding tert-OH is 1. The van der Waals surface area contributed by atoms with Gasteiger partial charge in [-0.05, 0) is 50.2 Å². The summed E-state index contributed by atoms with van der Waals surface area (Å²) in [6.07, 6.45) is 5.58. The summed E-state index contributed by atoms with van der Waals surface area (Å²) in [7, 11) is 0. The number of hydrogen-bond acceptors (Lipinski definition) is 4. The summed E-state index contributed by atoms with van der Waals surface area (Å²) in [5.74, 6) is 1.88. The van der Waals surface area contributed by atoms with Gasteiger partial charge in [0, 0.05) is 17.8 Å². The van der Waals surface area contributed by atoms with E-state index in [9.17, 15) is 0 Å². The van der Waals surface area contributed by atoms with Crippen LogP contribution in [0.15, 0.2) is 24.3 Å². The van der Waals surface area contributed by atoms with Crippen molar-refractivity contribution in [3.8, 4) is 0 Å². The molecule has 2 N–H and O–H groups in total. The van der Waals surface area contributed by atoms with Crippen molar-refractivity contribution in [3.05, 3.63) is 52.5 Å². The van der Waals surface area contributed by atoms with Crippen LogP contribution in [0.25, 0.3) is 0 Å². The molecule has 1 aromatic heterocycles. The predicted molar refractivity (Wildman–Crippen MR) is 88.0 cm³/mol. The van der Waals surface area contributed by atoms with E-state index >= 15 is 0 Å². The van der Waals surface area contributed by atoms with E-state index in [4.69, 9.17) is 5.11 Å². The smallest absolute Gasteiger partial charge is 0.133 e. The highest BCUT2D eigenvalue weighted by atomic mass is 16.3. The molecule has 4 heteroatoms. The van der Waals surface area contributed by atoms with Crippen molar-refractivity contribution in [2.45, 2.75) is 45.6 Å². The molecule has 0 unspecified atom stereocenters. The predicted octanol–water partition coefficient (Wildman–Crippen LogP) is 2.81. The van der Waals surface area contributed by atoms with Crippen molar-refractivity contribution >= 4 is 5.82 Å². The molecule has 0 saturated heterocycles. The lowest BCUT2D eigenvalue weighted by atomic mass is 9.96. The molecule has 1 heterocycles. The summed E-state index contributed by atoms with van der Waals surface area (Å²) >= 11 is 0. The van der Waals surface area contributed by atoms with Gasteiger partial charge in [-0.1, -0.05) is 24.3 Å². The van der Waals surface area contributed by atoms with Gasteiger partial charge in [-0.25, -0.2) is 9.97 Å². The number of nitrogens with one attached hydrogen (secondary N) is 1. The van der Waals surface area contributed by atoms with Gasteiger partial charge >= 0.3 is 0 Å². The zero-order valence-electron chi connectivity index (χ0n) is 13.1. The third-order valence-corrected chi connectivity index (χ3v) is 4.21. The SMILES string of the molecule is Cc1nc2c(c(NCCc3ccc(CO)cc3)n1)CCCC2. The zero-order valence-corrected chi connectivity index (χ0v) is 13.1. The Morgan fingerprint density at radius 2 is 1.77 bits per heavy atom. The van der Waals surface area contributed by atoms with Crippen LogP contribution in [0.2, 0.25) is 0 Å². The molecule has 1 aliphatic rings. The van der Waals surface area contributed by atoms with Crippen molar-refractivity contribution in [3.63, 3.8) is 0 Å². The van der Waals surface area contributed by atoms with E-state index in [1.807, 2.05) is 19.1 Å². The van der Waals surface area contributed by atoms with Gasteiger partial charge in [0.25, 0.3) is 0 Å².